The molecule has 106 valence electrons. The number of hydrogen-bond donors (Lipinski definition) is 2. The summed E-state index contributed by atoms with van der Waals surface area (Å²) in [4.78, 5) is 1.07. The van der Waals surface area contributed by atoms with Gasteiger partial charge < -0.3 is 5.32 Å². The summed E-state index contributed by atoms with van der Waals surface area (Å²) < 4.78 is 28.1. The first-order chi connectivity index (χ1) is 8.94. The predicted octanol–water partition coefficient (Wildman–Crippen LogP) is 1.93. The molecule has 3 atom stereocenters. The molecule has 0 amide bonds. The SMILES string of the molecule is Cc1cc(S(=O)(=O)NC2C[C@H]3CC[C@@H](C2)N3)sc1C. The van der Waals surface area contributed by atoms with Gasteiger partial charge in [0.2, 0.25) is 10.0 Å². The van der Waals surface area contributed by atoms with E-state index in [1.807, 2.05) is 13.8 Å². The predicted molar refractivity (Wildman–Crippen MR) is 77.1 cm³/mol. The first kappa shape index (κ1) is 13.5. The van der Waals surface area contributed by atoms with Crippen molar-refractivity contribution < 1.29 is 8.42 Å². The summed E-state index contributed by atoms with van der Waals surface area (Å²) in [5.41, 5.74) is 1.05. The minimum atomic E-state index is -3.34. The highest BCUT2D eigenvalue weighted by Gasteiger charge is 2.35. The van der Waals surface area contributed by atoms with Gasteiger partial charge in [0.25, 0.3) is 0 Å². The van der Waals surface area contributed by atoms with Crippen molar-refractivity contribution in [2.45, 2.75) is 61.9 Å². The van der Waals surface area contributed by atoms with Gasteiger partial charge in [-0.3, -0.25) is 0 Å². The minimum absolute atomic E-state index is 0.0893. The van der Waals surface area contributed by atoms with E-state index in [4.69, 9.17) is 0 Å². The average Bonchev–Trinajstić information content (AvgIpc) is 2.83. The molecule has 3 heterocycles. The monoisotopic (exact) mass is 300 g/mol. The maximum atomic E-state index is 12.4. The maximum Gasteiger partial charge on any atom is 0.250 e. The van der Waals surface area contributed by atoms with Crippen molar-refractivity contribution in [1.82, 2.24) is 10.0 Å². The fourth-order valence-corrected chi connectivity index (χ4v) is 5.90. The number of nitrogens with one attached hydrogen (secondary N) is 2. The Hall–Kier alpha value is -0.430. The average molecular weight is 300 g/mol. The third-order valence-corrected chi connectivity index (χ3v) is 7.35. The second-order valence-corrected chi connectivity index (χ2v) is 8.93. The van der Waals surface area contributed by atoms with Crippen molar-refractivity contribution >= 4 is 21.4 Å². The molecule has 2 bridgehead atoms. The first-order valence-electron chi connectivity index (χ1n) is 6.79. The summed E-state index contributed by atoms with van der Waals surface area (Å²) in [7, 11) is -3.34. The van der Waals surface area contributed by atoms with Crippen LogP contribution in [-0.4, -0.2) is 26.5 Å². The van der Waals surface area contributed by atoms with Crippen LogP contribution in [-0.2, 0) is 10.0 Å². The molecular weight excluding hydrogens is 280 g/mol. The molecule has 3 rings (SSSR count). The van der Waals surface area contributed by atoms with Crippen molar-refractivity contribution in [3.63, 3.8) is 0 Å². The molecule has 1 unspecified atom stereocenters. The maximum absolute atomic E-state index is 12.4. The zero-order valence-electron chi connectivity index (χ0n) is 11.3. The summed E-state index contributed by atoms with van der Waals surface area (Å²) in [6.45, 7) is 3.92. The van der Waals surface area contributed by atoms with Gasteiger partial charge >= 0.3 is 0 Å². The third kappa shape index (κ3) is 2.72. The highest BCUT2D eigenvalue weighted by atomic mass is 32.2. The molecule has 19 heavy (non-hydrogen) atoms. The number of hydrogen-bond acceptors (Lipinski definition) is 4. The van der Waals surface area contributed by atoms with Gasteiger partial charge in [-0.05, 0) is 51.2 Å². The second kappa shape index (κ2) is 4.84. The summed E-state index contributed by atoms with van der Waals surface area (Å²) in [5, 5.41) is 3.53. The Kier molecular flexibility index (Phi) is 3.45. The lowest BCUT2D eigenvalue weighted by Crippen LogP contribution is -2.47. The summed E-state index contributed by atoms with van der Waals surface area (Å²) in [6, 6.07) is 2.86. The molecule has 0 radical (unpaired) electrons. The van der Waals surface area contributed by atoms with Gasteiger partial charge in [-0.25, -0.2) is 13.1 Å². The lowest BCUT2D eigenvalue weighted by atomic mass is 10.0. The number of aryl methyl sites for hydroxylation is 2. The Bertz CT molecular complexity index is 548. The molecule has 1 aromatic heterocycles. The smallest absolute Gasteiger partial charge is 0.250 e. The van der Waals surface area contributed by atoms with E-state index in [1.165, 1.54) is 24.2 Å². The molecule has 2 fully saturated rings. The molecule has 0 spiro atoms. The topological polar surface area (TPSA) is 58.2 Å². The Morgan fingerprint density at radius 1 is 1.26 bits per heavy atom. The number of sulfonamides is 1. The van der Waals surface area contributed by atoms with E-state index in [0.717, 1.165) is 23.3 Å². The van der Waals surface area contributed by atoms with Crippen LogP contribution in [0.2, 0.25) is 0 Å². The summed E-state index contributed by atoms with van der Waals surface area (Å²) >= 11 is 1.36. The highest BCUT2D eigenvalue weighted by molar-refractivity contribution is 7.91. The number of rotatable bonds is 3. The molecular formula is C13H20N2O2S2. The molecule has 0 aromatic carbocycles. The molecule has 6 heteroatoms. The molecule has 2 N–H and O–H groups in total. The van der Waals surface area contributed by atoms with Crippen LogP contribution in [0.4, 0.5) is 0 Å². The summed E-state index contributed by atoms with van der Waals surface area (Å²) in [5.74, 6) is 0. The van der Waals surface area contributed by atoms with Gasteiger partial charge in [-0.15, -0.1) is 11.3 Å². The normalized spacial score (nSPS) is 30.7. The minimum Gasteiger partial charge on any atom is -0.311 e. The Morgan fingerprint density at radius 2 is 1.89 bits per heavy atom. The fourth-order valence-electron chi connectivity index (χ4n) is 3.10. The number of thiophene rings is 1. The number of fused-ring (bicyclic) bond motifs is 2. The second-order valence-electron chi connectivity index (χ2n) is 5.73. The molecule has 2 aliphatic heterocycles. The van der Waals surface area contributed by atoms with E-state index in [9.17, 15) is 8.42 Å². The van der Waals surface area contributed by atoms with Crippen molar-refractivity contribution in [2.24, 2.45) is 0 Å². The van der Waals surface area contributed by atoms with Gasteiger partial charge in [-0.2, -0.15) is 0 Å². The molecule has 2 aliphatic rings. The van der Waals surface area contributed by atoms with E-state index in [1.54, 1.807) is 6.07 Å². The Labute approximate surface area is 118 Å². The van der Waals surface area contributed by atoms with Crippen LogP contribution in [0.3, 0.4) is 0 Å². The van der Waals surface area contributed by atoms with Crippen LogP contribution >= 0.6 is 11.3 Å². The zero-order valence-corrected chi connectivity index (χ0v) is 12.9. The van der Waals surface area contributed by atoms with Crippen LogP contribution in [0.1, 0.15) is 36.1 Å². The van der Waals surface area contributed by atoms with Gasteiger partial charge in [0.15, 0.2) is 0 Å². The Morgan fingerprint density at radius 3 is 2.42 bits per heavy atom. The van der Waals surface area contributed by atoms with Crippen molar-refractivity contribution in [2.75, 3.05) is 0 Å². The van der Waals surface area contributed by atoms with E-state index in [0.29, 0.717) is 16.3 Å². The lowest BCUT2D eigenvalue weighted by Gasteiger charge is -2.29. The largest absolute Gasteiger partial charge is 0.311 e. The van der Waals surface area contributed by atoms with Crippen LogP contribution in [0.15, 0.2) is 10.3 Å². The molecule has 2 saturated heterocycles. The van der Waals surface area contributed by atoms with Crippen LogP contribution in [0, 0.1) is 13.8 Å². The van der Waals surface area contributed by atoms with Crippen LogP contribution in [0.25, 0.3) is 0 Å². The fraction of sp³-hybridized carbons (Fsp3) is 0.692. The Balaban J connectivity index is 1.75. The van der Waals surface area contributed by atoms with Crippen LogP contribution in [0.5, 0.6) is 0 Å². The van der Waals surface area contributed by atoms with Crippen LogP contribution < -0.4 is 10.0 Å². The van der Waals surface area contributed by atoms with Gasteiger partial charge in [-0.1, -0.05) is 0 Å². The van der Waals surface area contributed by atoms with E-state index < -0.39 is 10.0 Å². The lowest BCUT2D eigenvalue weighted by molar-refractivity contribution is 0.345. The third-order valence-electron chi connectivity index (χ3n) is 4.20. The quantitative estimate of drug-likeness (QED) is 0.897. The standard InChI is InChI=1S/C13H20N2O2S2/c1-8-5-13(18-9(8)2)19(16,17)15-12-6-10-3-4-11(7-12)14-10/h5,10-12,14-15H,3-4,6-7H2,1-2H3/t10-,11+,12?. The van der Waals surface area contributed by atoms with Gasteiger partial charge in [0.1, 0.15) is 4.21 Å². The van der Waals surface area contributed by atoms with E-state index in [2.05, 4.69) is 10.0 Å². The van der Waals surface area contributed by atoms with Gasteiger partial charge in [0, 0.05) is 23.0 Å². The highest BCUT2D eigenvalue weighted by Crippen LogP contribution is 2.29. The molecule has 4 nitrogen and oxygen atoms in total. The van der Waals surface area contributed by atoms with Gasteiger partial charge in [0.05, 0.1) is 0 Å². The first-order valence-corrected chi connectivity index (χ1v) is 9.09. The number of piperidine rings is 1. The van der Waals surface area contributed by atoms with Crippen molar-refractivity contribution in [1.29, 1.82) is 0 Å². The zero-order chi connectivity index (χ0) is 13.6. The summed E-state index contributed by atoms with van der Waals surface area (Å²) in [6.07, 6.45) is 4.19. The van der Waals surface area contributed by atoms with E-state index >= 15 is 0 Å². The molecule has 1 aromatic rings. The van der Waals surface area contributed by atoms with Crippen molar-refractivity contribution in [3.05, 3.63) is 16.5 Å². The van der Waals surface area contributed by atoms with E-state index in [-0.39, 0.29) is 6.04 Å². The molecule has 0 aliphatic carbocycles. The van der Waals surface area contributed by atoms with Crippen molar-refractivity contribution in [3.8, 4) is 0 Å². The molecule has 0 saturated carbocycles.